The number of piperazine rings is 1. The van der Waals surface area contributed by atoms with Crippen LogP contribution in [0.4, 0.5) is 11.4 Å². The van der Waals surface area contributed by atoms with E-state index in [4.69, 9.17) is 34.8 Å². The number of nitrogens with zero attached hydrogens (tertiary/aromatic N) is 2. The molecule has 3 rings (SSSR count). The van der Waals surface area contributed by atoms with Crippen LogP contribution in [0.5, 0.6) is 0 Å². The summed E-state index contributed by atoms with van der Waals surface area (Å²) in [6, 6.07) is 10.1. The van der Waals surface area contributed by atoms with Crippen LogP contribution in [-0.4, -0.2) is 42.9 Å². The lowest BCUT2D eigenvalue weighted by atomic mass is 10.1. The van der Waals surface area contributed by atoms with Crippen molar-refractivity contribution in [2.75, 3.05) is 36.4 Å². The van der Waals surface area contributed by atoms with Gasteiger partial charge in [-0.2, -0.15) is 0 Å². The average molecular weight is 469 g/mol. The average Bonchev–Trinajstić information content (AvgIpc) is 2.70. The summed E-state index contributed by atoms with van der Waals surface area (Å²) in [4.78, 5) is 28.8. The van der Waals surface area contributed by atoms with Gasteiger partial charge in [-0.25, -0.2) is 0 Å². The Morgan fingerprint density at radius 3 is 2.23 bits per heavy atom. The van der Waals surface area contributed by atoms with E-state index in [0.29, 0.717) is 51.7 Å². The van der Waals surface area contributed by atoms with E-state index in [2.05, 4.69) is 24.1 Å². The van der Waals surface area contributed by atoms with E-state index in [1.807, 2.05) is 17.0 Å². The van der Waals surface area contributed by atoms with Crippen LogP contribution in [-0.2, 0) is 4.79 Å². The molecule has 0 atom stereocenters. The van der Waals surface area contributed by atoms with Crippen LogP contribution in [0.2, 0.25) is 15.1 Å². The number of carbonyl (C=O) groups is 2. The van der Waals surface area contributed by atoms with Gasteiger partial charge in [0, 0.05) is 43.9 Å². The van der Waals surface area contributed by atoms with E-state index in [0.717, 1.165) is 18.8 Å². The summed E-state index contributed by atoms with van der Waals surface area (Å²) < 4.78 is 0. The maximum atomic E-state index is 12.4. The van der Waals surface area contributed by atoms with Crippen molar-refractivity contribution in [3.05, 3.63) is 57.0 Å². The molecule has 1 aliphatic heterocycles. The van der Waals surface area contributed by atoms with Gasteiger partial charge in [0.05, 0.1) is 20.8 Å². The molecule has 30 heavy (non-hydrogen) atoms. The Morgan fingerprint density at radius 2 is 1.63 bits per heavy atom. The fourth-order valence-electron chi connectivity index (χ4n) is 3.36. The highest BCUT2D eigenvalue weighted by Crippen LogP contribution is 2.30. The third-order valence-corrected chi connectivity index (χ3v) is 5.99. The molecular formula is C22H24Cl3N3O2. The molecule has 1 aliphatic rings. The number of rotatable bonds is 5. The predicted molar refractivity (Wildman–Crippen MR) is 124 cm³/mol. The van der Waals surface area contributed by atoms with Crippen molar-refractivity contribution < 1.29 is 9.59 Å². The Bertz CT molecular complexity index is 941. The van der Waals surface area contributed by atoms with Crippen molar-refractivity contribution in [1.82, 2.24) is 4.90 Å². The van der Waals surface area contributed by atoms with Crippen LogP contribution in [0.1, 0.15) is 30.6 Å². The number of hydrogen-bond donors (Lipinski definition) is 1. The largest absolute Gasteiger partial charge is 0.367 e. The van der Waals surface area contributed by atoms with E-state index < -0.39 is 0 Å². The number of benzene rings is 2. The zero-order valence-corrected chi connectivity index (χ0v) is 19.2. The molecule has 5 nitrogen and oxygen atoms in total. The van der Waals surface area contributed by atoms with Gasteiger partial charge in [0.2, 0.25) is 5.91 Å². The molecule has 1 saturated heterocycles. The summed E-state index contributed by atoms with van der Waals surface area (Å²) in [6.07, 6.45) is 0.577. The summed E-state index contributed by atoms with van der Waals surface area (Å²) in [5, 5.41) is 4.08. The zero-order chi connectivity index (χ0) is 21.8. The number of halogens is 3. The quantitative estimate of drug-likeness (QED) is 0.622. The second-order valence-electron chi connectivity index (χ2n) is 7.72. The third-order valence-electron chi connectivity index (χ3n) is 4.94. The number of nitrogens with one attached hydrogen (secondary N) is 1. The first-order chi connectivity index (χ1) is 14.2. The summed E-state index contributed by atoms with van der Waals surface area (Å²) in [6.45, 7) is 6.90. The lowest BCUT2D eigenvalue weighted by Gasteiger charge is -2.36. The summed E-state index contributed by atoms with van der Waals surface area (Å²) in [5.41, 5.74) is 1.89. The van der Waals surface area contributed by atoms with Crippen molar-refractivity contribution in [3.63, 3.8) is 0 Å². The Labute approximate surface area is 191 Å². The van der Waals surface area contributed by atoms with Crippen LogP contribution < -0.4 is 10.2 Å². The number of anilines is 2. The highest BCUT2D eigenvalue weighted by Gasteiger charge is 2.23. The third kappa shape index (κ3) is 5.60. The fraction of sp³-hybridized carbons (Fsp3) is 0.364. The van der Waals surface area contributed by atoms with Crippen molar-refractivity contribution >= 4 is 58.0 Å². The Balaban J connectivity index is 1.62. The van der Waals surface area contributed by atoms with Crippen LogP contribution >= 0.6 is 34.8 Å². The molecule has 1 heterocycles. The standard InChI is InChI=1S/C22H24Cl3N3O2/c1-14(2)11-21(29)28-9-7-27(8-10-28)20-6-4-16(13-19(20)25)26-22(30)15-3-5-17(23)18(24)12-15/h3-6,12-14H,7-11H2,1-2H3,(H,26,30). The van der Waals surface area contributed by atoms with E-state index in [1.54, 1.807) is 18.2 Å². The first kappa shape index (κ1) is 22.7. The molecule has 2 aromatic carbocycles. The van der Waals surface area contributed by atoms with Gasteiger partial charge in [-0.15, -0.1) is 0 Å². The molecular weight excluding hydrogens is 445 g/mol. The molecule has 0 unspecified atom stereocenters. The Kier molecular flexibility index (Phi) is 7.50. The molecule has 0 aliphatic carbocycles. The topological polar surface area (TPSA) is 52.7 Å². The molecule has 0 radical (unpaired) electrons. The summed E-state index contributed by atoms with van der Waals surface area (Å²) in [5.74, 6) is 0.266. The molecule has 160 valence electrons. The summed E-state index contributed by atoms with van der Waals surface area (Å²) >= 11 is 18.4. The maximum Gasteiger partial charge on any atom is 0.255 e. The van der Waals surface area contributed by atoms with Crippen LogP contribution in [0, 0.1) is 5.92 Å². The molecule has 2 aromatic rings. The van der Waals surface area contributed by atoms with Gasteiger partial charge in [-0.3, -0.25) is 9.59 Å². The van der Waals surface area contributed by atoms with E-state index in [-0.39, 0.29) is 11.8 Å². The number of amides is 2. The number of carbonyl (C=O) groups excluding carboxylic acids is 2. The second-order valence-corrected chi connectivity index (χ2v) is 8.94. The van der Waals surface area contributed by atoms with Crippen LogP contribution in [0.3, 0.4) is 0 Å². The fourth-order valence-corrected chi connectivity index (χ4v) is 3.95. The van der Waals surface area contributed by atoms with Crippen molar-refractivity contribution in [1.29, 1.82) is 0 Å². The van der Waals surface area contributed by atoms with Crippen molar-refractivity contribution in [2.45, 2.75) is 20.3 Å². The molecule has 1 fully saturated rings. The molecule has 0 saturated carbocycles. The molecule has 8 heteroatoms. The lowest BCUT2D eigenvalue weighted by Crippen LogP contribution is -2.49. The van der Waals surface area contributed by atoms with Gasteiger partial charge in [0.15, 0.2) is 0 Å². The monoisotopic (exact) mass is 467 g/mol. The Morgan fingerprint density at radius 1 is 0.933 bits per heavy atom. The minimum Gasteiger partial charge on any atom is -0.367 e. The smallest absolute Gasteiger partial charge is 0.255 e. The van der Waals surface area contributed by atoms with E-state index in [9.17, 15) is 9.59 Å². The molecule has 2 amide bonds. The van der Waals surface area contributed by atoms with Gasteiger partial charge in [-0.05, 0) is 42.3 Å². The Hall–Kier alpha value is -1.95. The van der Waals surface area contributed by atoms with E-state index in [1.165, 1.54) is 6.07 Å². The van der Waals surface area contributed by atoms with Gasteiger partial charge < -0.3 is 15.1 Å². The molecule has 0 bridgehead atoms. The summed E-state index contributed by atoms with van der Waals surface area (Å²) in [7, 11) is 0. The van der Waals surface area contributed by atoms with Gasteiger partial charge in [0.1, 0.15) is 0 Å². The minimum absolute atomic E-state index is 0.205. The first-order valence-electron chi connectivity index (χ1n) is 9.83. The van der Waals surface area contributed by atoms with Crippen LogP contribution in [0.15, 0.2) is 36.4 Å². The minimum atomic E-state index is -0.297. The van der Waals surface area contributed by atoms with Gasteiger partial charge in [-0.1, -0.05) is 48.7 Å². The normalized spacial score (nSPS) is 14.2. The van der Waals surface area contributed by atoms with E-state index >= 15 is 0 Å². The molecule has 1 N–H and O–H groups in total. The van der Waals surface area contributed by atoms with Gasteiger partial charge >= 0.3 is 0 Å². The zero-order valence-electron chi connectivity index (χ0n) is 16.9. The number of hydrogen-bond acceptors (Lipinski definition) is 3. The molecule has 0 aromatic heterocycles. The highest BCUT2D eigenvalue weighted by atomic mass is 35.5. The molecule has 0 spiro atoms. The SMILES string of the molecule is CC(C)CC(=O)N1CCN(c2ccc(NC(=O)c3ccc(Cl)c(Cl)c3)cc2Cl)CC1. The van der Waals surface area contributed by atoms with Crippen molar-refractivity contribution in [3.8, 4) is 0 Å². The first-order valence-corrected chi connectivity index (χ1v) is 11.0. The maximum absolute atomic E-state index is 12.4. The second kappa shape index (κ2) is 9.90. The van der Waals surface area contributed by atoms with Crippen molar-refractivity contribution in [2.24, 2.45) is 5.92 Å². The predicted octanol–water partition coefficient (Wildman–Crippen LogP) is 5.59. The highest BCUT2D eigenvalue weighted by molar-refractivity contribution is 6.42. The van der Waals surface area contributed by atoms with Crippen LogP contribution in [0.25, 0.3) is 0 Å². The van der Waals surface area contributed by atoms with Gasteiger partial charge in [0.25, 0.3) is 5.91 Å². The lowest BCUT2D eigenvalue weighted by molar-refractivity contribution is -0.132.